The van der Waals surface area contributed by atoms with Crippen molar-refractivity contribution in [1.82, 2.24) is 10.2 Å². The number of aromatic hydroxyl groups is 1. The van der Waals surface area contributed by atoms with Gasteiger partial charge in [0, 0.05) is 18.9 Å². The summed E-state index contributed by atoms with van der Waals surface area (Å²) in [7, 11) is 0. The number of imide groups is 1. The normalized spacial score (nSPS) is 16.1. The summed E-state index contributed by atoms with van der Waals surface area (Å²) >= 11 is 0. The summed E-state index contributed by atoms with van der Waals surface area (Å²) in [6, 6.07) is 0.128. The Morgan fingerprint density at radius 2 is 2.00 bits per heavy atom. The first-order valence-corrected chi connectivity index (χ1v) is 6.33. The topological polar surface area (TPSA) is 117 Å². The van der Waals surface area contributed by atoms with Gasteiger partial charge in [0.05, 0.1) is 6.54 Å². The Morgan fingerprint density at radius 1 is 1.38 bits per heavy atom. The average Bonchev–Trinajstić information content (AvgIpc) is 2.78. The van der Waals surface area contributed by atoms with Gasteiger partial charge in [-0.15, -0.1) is 0 Å². The number of carbonyl (C=O) groups is 3. The molecule has 1 unspecified atom stereocenters. The van der Waals surface area contributed by atoms with Crippen LogP contribution >= 0.6 is 0 Å². The van der Waals surface area contributed by atoms with Gasteiger partial charge in [-0.2, -0.15) is 0 Å². The Kier molecular flexibility index (Phi) is 4.06. The molecule has 8 nitrogen and oxygen atoms in total. The monoisotopic (exact) mass is 294 g/mol. The van der Waals surface area contributed by atoms with Crippen LogP contribution in [0.5, 0.6) is 5.75 Å². The minimum Gasteiger partial charge on any atom is -0.502 e. The van der Waals surface area contributed by atoms with Crippen LogP contribution < -0.4 is 10.7 Å². The highest BCUT2D eigenvalue weighted by Crippen LogP contribution is 2.15. The smallest absolute Gasteiger partial charge is 0.243 e. The van der Waals surface area contributed by atoms with E-state index in [1.54, 1.807) is 0 Å². The van der Waals surface area contributed by atoms with Gasteiger partial charge in [0.15, 0.2) is 5.75 Å². The van der Waals surface area contributed by atoms with E-state index in [1.165, 1.54) is 6.92 Å². The lowest BCUT2D eigenvalue weighted by Crippen LogP contribution is -2.47. The lowest BCUT2D eigenvalue weighted by Gasteiger charge is -2.21. The zero-order chi connectivity index (χ0) is 15.6. The SMILES string of the molecule is CC(C(=O)NCc1cc(=O)c(O)co1)N1C(=O)CCC1=O. The van der Waals surface area contributed by atoms with E-state index < -0.39 is 23.1 Å². The largest absolute Gasteiger partial charge is 0.502 e. The second-order valence-corrected chi connectivity index (χ2v) is 4.65. The fraction of sp³-hybridized carbons (Fsp3) is 0.385. The van der Waals surface area contributed by atoms with Gasteiger partial charge in [0.25, 0.3) is 0 Å². The standard InChI is InChI=1S/C13H14N2O6/c1-7(15-11(18)2-3-12(15)19)13(20)14-5-8-4-9(16)10(17)6-21-8/h4,6-7,17H,2-3,5H2,1H3,(H,14,20). The van der Waals surface area contributed by atoms with E-state index in [9.17, 15) is 19.2 Å². The second-order valence-electron chi connectivity index (χ2n) is 4.65. The summed E-state index contributed by atoms with van der Waals surface area (Å²) in [6.07, 6.45) is 1.10. The summed E-state index contributed by atoms with van der Waals surface area (Å²) in [5, 5.41) is 11.5. The van der Waals surface area contributed by atoms with Crippen LogP contribution in [0.2, 0.25) is 0 Å². The highest BCUT2D eigenvalue weighted by atomic mass is 16.4. The van der Waals surface area contributed by atoms with Gasteiger partial charge in [-0.3, -0.25) is 24.1 Å². The number of likely N-dealkylation sites (tertiary alicyclic amines) is 1. The first-order valence-electron chi connectivity index (χ1n) is 6.33. The van der Waals surface area contributed by atoms with Crippen LogP contribution in [0.25, 0.3) is 0 Å². The minimum absolute atomic E-state index is 0.0884. The van der Waals surface area contributed by atoms with E-state index in [0.29, 0.717) is 0 Å². The van der Waals surface area contributed by atoms with Crippen LogP contribution in [0.4, 0.5) is 0 Å². The Bertz CT molecular complexity index is 634. The molecule has 3 amide bonds. The average molecular weight is 294 g/mol. The Balaban J connectivity index is 1.98. The van der Waals surface area contributed by atoms with E-state index in [-0.39, 0.29) is 37.0 Å². The van der Waals surface area contributed by atoms with Gasteiger partial charge in [-0.05, 0) is 6.92 Å². The van der Waals surface area contributed by atoms with Gasteiger partial charge in [-0.25, -0.2) is 0 Å². The van der Waals surface area contributed by atoms with Crippen LogP contribution in [0.15, 0.2) is 21.5 Å². The van der Waals surface area contributed by atoms with Crippen LogP contribution in [0.1, 0.15) is 25.5 Å². The highest BCUT2D eigenvalue weighted by molar-refractivity contribution is 6.05. The van der Waals surface area contributed by atoms with Crippen LogP contribution in [0, 0.1) is 0 Å². The molecule has 8 heteroatoms. The molecule has 1 aromatic rings. The number of hydrogen-bond donors (Lipinski definition) is 2. The molecule has 1 aliphatic heterocycles. The van der Waals surface area contributed by atoms with E-state index in [0.717, 1.165) is 17.2 Å². The molecular weight excluding hydrogens is 280 g/mol. The molecule has 0 aromatic carbocycles. The molecule has 0 radical (unpaired) electrons. The van der Waals surface area contributed by atoms with Crippen LogP contribution in [-0.2, 0) is 20.9 Å². The molecule has 112 valence electrons. The first-order chi connectivity index (χ1) is 9.90. The summed E-state index contributed by atoms with van der Waals surface area (Å²) in [4.78, 5) is 47.1. The zero-order valence-corrected chi connectivity index (χ0v) is 11.3. The molecule has 2 N–H and O–H groups in total. The third-order valence-electron chi connectivity index (χ3n) is 3.16. The molecule has 2 heterocycles. The van der Waals surface area contributed by atoms with Gasteiger partial charge < -0.3 is 14.8 Å². The van der Waals surface area contributed by atoms with Crippen molar-refractivity contribution in [2.45, 2.75) is 32.4 Å². The summed E-state index contributed by atoms with van der Waals surface area (Å²) in [5.41, 5.74) is -0.622. The maximum absolute atomic E-state index is 11.9. The molecule has 1 saturated heterocycles. The molecular formula is C13H14N2O6. The zero-order valence-electron chi connectivity index (χ0n) is 11.3. The van der Waals surface area contributed by atoms with E-state index in [1.807, 2.05) is 0 Å². The minimum atomic E-state index is -0.920. The molecule has 1 atom stereocenters. The van der Waals surface area contributed by atoms with Crippen molar-refractivity contribution >= 4 is 17.7 Å². The van der Waals surface area contributed by atoms with E-state index in [4.69, 9.17) is 9.52 Å². The Morgan fingerprint density at radius 3 is 2.57 bits per heavy atom. The van der Waals surface area contributed by atoms with Crippen LogP contribution in [0.3, 0.4) is 0 Å². The van der Waals surface area contributed by atoms with Gasteiger partial charge >= 0.3 is 0 Å². The third kappa shape index (κ3) is 3.10. The molecule has 1 aliphatic rings. The molecule has 0 spiro atoms. The summed E-state index contributed by atoms with van der Waals surface area (Å²) < 4.78 is 4.92. The number of rotatable bonds is 4. The molecule has 0 bridgehead atoms. The van der Waals surface area contributed by atoms with Gasteiger partial charge in [0.2, 0.25) is 23.2 Å². The Labute approximate surface area is 119 Å². The molecule has 21 heavy (non-hydrogen) atoms. The number of hydrogen-bond acceptors (Lipinski definition) is 6. The summed E-state index contributed by atoms with van der Waals surface area (Å²) in [6.45, 7) is 1.36. The maximum Gasteiger partial charge on any atom is 0.243 e. The Hall–Kier alpha value is -2.64. The number of nitrogens with one attached hydrogen (secondary N) is 1. The number of amides is 3. The fourth-order valence-electron chi connectivity index (χ4n) is 2.00. The molecule has 1 fully saturated rings. The number of nitrogens with zero attached hydrogens (tertiary/aromatic N) is 1. The second kappa shape index (κ2) is 5.78. The third-order valence-corrected chi connectivity index (χ3v) is 3.16. The number of carbonyl (C=O) groups excluding carboxylic acids is 3. The van der Waals surface area contributed by atoms with Gasteiger partial charge in [0.1, 0.15) is 18.1 Å². The molecule has 1 aromatic heterocycles. The lowest BCUT2D eigenvalue weighted by atomic mass is 10.2. The molecule has 2 rings (SSSR count). The van der Waals surface area contributed by atoms with Crippen molar-refractivity contribution < 1.29 is 23.9 Å². The van der Waals surface area contributed by atoms with Crippen molar-refractivity contribution in [1.29, 1.82) is 0 Å². The molecule has 0 saturated carbocycles. The van der Waals surface area contributed by atoms with Crippen molar-refractivity contribution in [2.75, 3.05) is 0 Å². The van der Waals surface area contributed by atoms with Crippen molar-refractivity contribution in [2.24, 2.45) is 0 Å². The van der Waals surface area contributed by atoms with Crippen molar-refractivity contribution in [3.63, 3.8) is 0 Å². The van der Waals surface area contributed by atoms with Crippen molar-refractivity contribution in [3.05, 3.63) is 28.3 Å². The lowest BCUT2D eigenvalue weighted by molar-refractivity contribution is -0.146. The first kappa shape index (κ1) is 14.8. The van der Waals surface area contributed by atoms with Crippen molar-refractivity contribution in [3.8, 4) is 5.75 Å². The highest BCUT2D eigenvalue weighted by Gasteiger charge is 2.35. The fourth-order valence-corrected chi connectivity index (χ4v) is 2.00. The maximum atomic E-state index is 11.9. The van der Waals surface area contributed by atoms with Gasteiger partial charge in [-0.1, -0.05) is 0 Å². The predicted octanol–water partition coefficient (Wildman–Crippen LogP) is -0.501. The molecule has 0 aliphatic carbocycles. The summed E-state index contributed by atoms with van der Waals surface area (Å²) in [5.74, 6) is -1.66. The van der Waals surface area contributed by atoms with Crippen LogP contribution in [-0.4, -0.2) is 33.8 Å². The predicted molar refractivity (Wildman–Crippen MR) is 69.0 cm³/mol. The van der Waals surface area contributed by atoms with E-state index >= 15 is 0 Å². The quantitative estimate of drug-likeness (QED) is 0.723. The van der Waals surface area contributed by atoms with E-state index in [2.05, 4.69) is 5.32 Å².